The molecule has 0 radical (unpaired) electrons. The van der Waals surface area contributed by atoms with E-state index < -0.39 is 17.9 Å². The van der Waals surface area contributed by atoms with E-state index in [0.717, 1.165) is 4.48 Å². The minimum absolute atomic E-state index is 0.238. The fraction of sp³-hybridized carbons (Fsp3) is 0.583. The second-order valence-electron chi connectivity index (χ2n) is 5.50. The number of hydrogen-bond donors (Lipinski definition) is 0. The zero-order valence-electron chi connectivity index (χ0n) is 10.8. The van der Waals surface area contributed by atoms with E-state index in [1.807, 2.05) is 19.9 Å². The van der Waals surface area contributed by atoms with Crippen molar-refractivity contribution in [2.24, 2.45) is 0 Å². The number of hydrogen-bond acceptors (Lipinski definition) is 6. The van der Waals surface area contributed by atoms with Crippen molar-refractivity contribution in [2.75, 3.05) is 0 Å². The molecule has 8 heteroatoms. The van der Waals surface area contributed by atoms with E-state index in [9.17, 15) is 4.79 Å². The van der Waals surface area contributed by atoms with Crippen LogP contribution < -0.4 is 0 Å². The summed E-state index contributed by atoms with van der Waals surface area (Å²) in [6.45, 7) is 3.68. The molecule has 2 aliphatic heterocycles. The number of fused-ring (bicyclic) bond motifs is 5. The average molecular weight is 342 g/mol. The third-order valence-electron chi connectivity index (χ3n) is 3.70. The fourth-order valence-corrected chi connectivity index (χ4v) is 3.56. The molecule has 1 fully saturated rings. The van der Waals surface area contributed by atoms with Crippen molar-refractivity contribution in [2.45, 2.75) is 44.0 Å². The molecule has 4 atom stereocenters. The molecule has 3 aliphatic rings. The molecule has 0 spiro atoms. The van der Waals surface area contributed by atoms with Crippen molar-refractivity contribution in [1.82, 2.24) is 15.0 Å². The van der Waals surface area contributed by atoms with E-state index in [4.69, 9.17) is 14.2 Å². The Labute approximate surface area is 123 Å². The van der Waals surface area contributed by atoms with Gasteiger partial charge in [0, 0.05) is 4.48 Å². The number of rotatable bonds is 0. The zero-order chi connectivity index (χ0) is 14.1. The molecule has 0 N–H and O–H groups in total. The van der Waals surface area contributed by atoms with Crippen molar-refractivity contribution in [3.05, 3.63) is 22.4 Å². The Morgan fingerprint density at radius 3 is 2.95 bits per heavy atom. The molecule has 0 unspecified atom stereocenters. The lowest BCUT2D eigenvalue weighted by Gasteiger charge is -2.37. The SMILES string of the molecule is CC1(C)O[C@H]2[C@@H]3OC(=O)c4cnnn4[C@H]3C=C(Br)[C@H]2O1. The maximum Gasteiger partial charge on any atom is 0.358 e. The van der Waals surface area contributed by atoms with Crippen LogP contribution in [0.1, 0.15) is 30.4 Å². The van der Waals surface area contributed by atoms with Gasteiger partial charge in [-0.1, -0.05) is 21.1 Å². The van der Waals surface area contributed by atoms with Crippen molar-refractivity contribution < 1.29 is 19.0 Å². The molecule has 1 aromatic rings. The summed E-state index contributed by atoms with van der Waals surface area (Å²) in [6, 6.07) is -0.238. The molecule has 4 rings (SSSR count). The predicted octanol–water partition coefficient (Wildman–Crippen LogP) is 1.17. The minimum atomic E-state index is -0.716. The third kappa shape index (κ3) is 1.61. The van der Waals surface area contributed by atoms with Gasteiger partial charge in [-0.3, -0.25) is 0 Å². The van der Waals surface area contributed by atoms with Crippen LogP contribution in [0.5, 0.6) is 0 Å². The van der Waals surface area contributed by atoms with Crippen molar-refractivity contribution in [3.8, 4) is 0 Å². The maximum absolute atomic E-state index is 12.0. The fourth-order valence-electron chi connectivity index (χ4n) is 2.93. The number of carbonyl (C=O) groups excluding carboxylic acids is 1. The number of nitrogens with zero attached hydrogens (tertiary/aromatic N) is 3. The van der Waals surface area contributed by atoms with Gasteiger partial charge in [0.15, 0.2) is 17.6 Å². The van der Waals surface area contributed by atoms with Crippen molar-refractivity contribution in [3.63, 3.8) is 0 Å². The molecular formula is C12H12BrN3O4. The largest absolute Gasteiger partial charge is 0.452 e. The monoisotopic (exact) mass is 341 g/mol. The summed E-state index contributed by atoms with van der Waals surface area (Å²) >= 11 is 3.52. The standard InChI is InChI=1S/C12H12BrN3O4/c1-12(2)19-8-5(13)3-6-9(10(8)20-12)18-11(17)7-4-14-15-16(6)7/h3-4,6,8-10H,1-2H3/t6-,8+,9+,10+/m0/s1. The molecule has 0 amide bonds. The van der Waals surface area contributed by atoms with Crippen LogP contribution >= 0.6 is 15.9 Å². The Hall–Kier alpha value is -1.25. The first-order chi connectivity index (χ1) is 9.46. The molecule has 1 aromatic heterocycles. The Balaban J connectivity index is 1.81. The summed E-state index contributed by atoms with van der Waals surface area (Å²) in [7, 11) is 0. The highest BCUT2D eigenvalue weighted by atomic mass is 79.9. The van der Waals surface area contributed by atoms with Gasteiger partial charge in [0.1, 0.15) is 18.2 Å². The van der Waals surface area contributed by atoms with Gasteiger partial charge < -0.3 is 14.2 Å². The minimum Gasteiger partial charge on any atom is -0.452 e. The highest BCUT2D eigenvalue weighted by molar-refractivity contribution is 9.11. The van der Waals surface area contributed by atoms with E-state index in [0.29, 0.717) is 5.69 Å². The number of ether oxygens (including phenoxy) is 3. The Morgan fingerprint density at radius 1 is 1.35 bits per heavy atom. The van der Waals surface area contributed by atoms with E-state index in [-0.39, 0.29) is 18.2 Å². The molecule has 0 bridgehead atoms. The lowest BCUT2D eigenvalue weighted by Crippen LogP contribution is -2.50. The van der Waals surface area contributed by atoms with Gasteiger partial charge in [-0.25, -0.2) is 9.48 Å². The smallest absolute Gasteiger partial charge is 0.358 e. The summed E-state index contributed by atoms with van der Waals surface area (Å²) in [5.41, 5.74) is 0.347. The molecule has 1 aliphatic carbocycles. The topological polar surface area (TPSA) is 75.5 Å². The van der Waals surface area contributed by atoms with Crippen molar-refractivity contribution in [1.29, 1.82) is 0 Å². The molecule has 0 saturated carbocycles. The number of halogens is 1. The van der Waals surface area contributed by atoms with Gasteiger partial charge in [0.25, 0.3) is 0 Å². The summed E-state index contributed by atoms with van der Waals surface area (Å²) in [4.78, 5) is 12.0. The Kier molecular flexibility index (Phi) is 2.43. The lowest BCUT2D eigenvalue weighted by molar-refractivity contribution is -0.156. The van der Waals surface area contributed by atoms with Crippen LogP contribution in [0.3, 0.4) is 0 Å². The van der Waals surface area contributed by atoms with Crippen LogP contribution in [0.15, 0.2) is 16.8 Å². The highest BCUT2D eigenvalue weighted by Crippen LogP contribution is 2.45. The third-order valence-corrected chi connectivity index (χ3v) is 4.42. The second kappa shape index (κ2) is 3.90. The molecule has 1 saturated heterocycles. The van der Waals surface area contributed by atoms with Crippen LogP contribution in [0, 0.1) is 0 Å². The van der Waals surface area contributed by atoms with Crippen LogP contribution in [0.25, 0.3) is 0 Å². The number of aromatic nitrogens is 3. The van der Waals surface area contributed by atoms with E-state index >= 15 is 0 Å². The maximum atomic E-state index is 12.0. The van der Waals surface area contributed by atoms with E-state index in [1.165, 1.54) is 6.20 Å². The van der Waals surface area contributed by atoms with Crippen LogP contribution in [-0.2, 0) is 14.2 Å². The lowest BCUT2D eigenvalue weighted by atomic mass is 9.93. The van der Waals surface area contributed by atoms with Crippen LogP contribution in [0.4, 0.5) is 0 Å². The van der Waals surface area contributed by atoms with Crippen LogP contribution in [-0.4, -0.2) is 45.1 Å². The zero-order valence-corrected chi connectivity index (χ0v) is 12.4. The first-order valence-corrected chi connectivity index (χ1v) is 7.09. The van der Waals surface area contributed by atoms with Gasteiger partial charge in [0.05, 0.1) is 6.20 Å². The highest BCUT2D eigenvalue weighted by Gasteiger charge is 2.55. The van der Waals surface area contributed by atoms with Gasteiger partial charge in [-0.05, 0) is 19.9 Å². The predicted molar refractivity (Wildman–Crippen MR) is 69.1 cm³/mol. The molecule has 20 heavy (non-hydrogen) atoms. The summed E-state index contributed by atoms with van der Waals surface area (Å²) in [6.07, 6.45) is 2.23. The van der Waals surface area contributed by atoms with Crippen molar-refractivity contribution >= 4 is 21.9 Å². The molecular weight excluding hydrogens is 330 g/mol. The van der Waals surface area contributed by atoms with Gasteiger partial charge in [0.2, 0.25) is 0 Å². The van der Waals surface area contributed by atoms with E-state index in [2.05, 4.69) is 26.2 Å². The van der Waals surface area contributed by atoms with Gasteiger partial charge >= 0.3 is 5.97 Å². The summed E-state index contributed by atoms with van der Waals surface area (Å²) in [5.74, 6) is -1.15. The van der Waals surface area contributed by atoms with E-state index in [1.54, 1.807) is 4.68 Å². The summed E-state index contributed by atoms with van der Waals surface area (Å²) < 4.78 is 19.7. The van der Waals surface area contributed by atoms with Crippen LogP contribution in [0.2, 0.25) is 0 Å². The first kappa shape index (κ1) is 12.5. The normalized spacial score (nSPS) is 37.5. The number of carbonyl (C=O) groups is 1. The van der Waals surface area contributed by atoms with Gasteiger partial charge in [-0.15, -0.1) is 5.10 Å². The molecule has 7 nitrogen and oxygen atoms in total. The Bertz CT molecular complexity index is 626. The Morgan fingerprint density at radius 2 is 2.15 bits per heavy atom. The summed E-state index contributed by atoms with van der Waals surface area (Å²) in [5, 5.41) is 7.76. The molecule has 0 aromatic carbocycles. The molecule has 106 valence electrons. The number of esters is 1. The average Bonchev–Trinajstić information content (AvgIpc) is 2.95. The quantitative estimate of drug-likeness (QED) is 0.659. The molecule has 3 heterocycles. The second-order valence-corrected chi connectivity index (χ2v) is 6.41. The first-order valence-electron chi connectivity index (χ1n) is 6.30. The van der Waals surface area contributed by atoms with Gasteiger partial charge in [-0.2, -0.15) is 0 Å².